The first-order chi connectivity index (χ1) is 9.54. The van der Waals surface area contributed by atoms with Gasteiger partial charge in [0.25, 0.3) is 0 Å². The van der Waals surface area contributed by atoms with Gasteiger partial charge in [-0.3, -0.25) is 4.79 Å². The summed E-state index contributed by atoms with van der Waals surface area (Å²) in [7, 11) is 0. The Labute approximate surface area is 117 Å². The van der Waals surface area contributed by atoms with Crippen molar-refractivity contribution in [2.45, 2.75) is 24.5 Å². The molecule has 7 heteroatoms. The van der Waals surface area contributed by atoms with E-state index in [1.54, 1.807) is 4.90 Å². The van der Waals surface area contributed by atoms with E-state index in [1.165, 1.54) is 6.08 Å². The minimum Gasteiger partial charge on any atom is -0.481 e. The SMILES string of the molecule is C=CCOC(=O)N1CCC2(COCC(CC(=O)O)O2)C1. The third kappa shape index (κ3) is 3.49. The number of aliphatic carboxylic acids is 1. The van der Waals surface area contributed by atoms with Crippen LogP contribution in [0.3, 0.4) is 0 Å². The van der Waals surface area contributed by atoms with Crippen LogP contribution in [0.5, 0.6) is 0 Å². The lowest BCUT2D eigenvalue weighted by atomic mass is 10.0. The summed E-state index contributed by atoms with van der Waals surface area (Å²) in [5.41, 5.74) is -0.606. The Balaban J connectivity index is 1.90. The van der Waals surface area contributed by atoms with Crippen LogP contribution in [0.2, 0.25) is 0 Å². The van der Waals surface area contributed by atoms with Gasteiger partial charge in [0.05, 0.1) is 32.3 Å². The molecule has 0 radical (unpaired) electrons. The average molecular weight is 285 g/mol. The van der Waals surface area contributed by atoms with E-state index in [9.17, 15) is 9.59 Å². The predicted octanol–water partition coefficient (Wildman–Crippen LogP) is 0.644. The Kier molecular flexibility index (Phi) is 4.61. The van der Waals surface area contributed by atoms with Crippen molar-refractivity contribution in [2.24, 2.45) is 0 Å². The smallest absolute Gasteiger partial charge is 0.410 e. The Hall–Kier alpha value is -1.60. The predicted molar refractivity (Wildman–Crippen MR) is 68.4 cm³/mol. The number of rotatable bonds is 4. The highest BCUT2D eigenvalue weighted by atomic mass is 16.6. The van der Waals surface area contributed by atoms with Crippen molar-refractivity contribution in [2.75, 3.05) is 32.9 Å². The van der Waals surface area contributed by atoms with Gasteiger partial charge < -0.3 is 24.2 Å². The van der Waals surface area contributed by atoms with E-state index in [0.717, 1.165) is 0 Å². The number of likely N-dealkylation sites (tertiary alicyclic amines) is 1. The lowest BCUT2D eigenvalue weighted by Gasteiger charge is -2.37. The van der Waals surface area contributed by atoms with Crippen LogP contribution in [0.15, 0.2) is 12.7 Å². The van der Waals surface area contributed by atoms with Crippen LogP contribution in [0, 0.1) is 0 Å². The van der Waals surface area contributed by atoms with Crippen LogP contribution in [-0.4, -0.2) is 66.7 Å². The van der Waals surface area contributed by atoms with Crippen molar-refractivity contribution in [3.63, 3.8) is 0 Å². The topological polar surface area (TPSA) is 85.3 Å². The van der Waals surface area contributed by atoms with E-state index < -0.39 is 23.8 Å². The Morgan fingerprint density at radius 1 is 1.55 bits per heavy atom. The third-order valence-corrected chi connectivity index (χ3v) is 3.39. The van der Waals surface area contributed by atoms with Gasteiger partial charge in [0, 0.05) is 6.54 Å². The Morgan fingerprint density at radius 3 is 3.05 bits per heavy atom. The Bertz CT molecular complexity index is 398. The number of carboxylic acids is 1. The van der Waals surface area contributed by atoms with Gasteiger partial charge in [-0.1, -0.05) is 12.7 Å². The molecule has 2 aliphatic heterocycles. The number of carbonyl (C=O) groups excluding carboxylic acids is 1. The largest absolute Gasteiger partial charge is 0.481 e. The number of hydrogen-bond acceptors (Lipinski definition) is 5. The molecule has 1 spiro atoms. The van der Waals surface area contributed by atoms with Gasteiger partial charge in [-0.25, -0.2) is 4.79 Å². The van der Waals surface area contributed by atoms with Gasteiger partial charge in [-0.15, -0.1) is 0 Å². The molecule has 0 saturated carbocycles. The highest BCUT2D eigenvalue weighted by Gasteiger charge is 2.46. The summed E-state index contributed by atoms with van der Waals surface area (Å²) in [6, 6.07) is 0. The summed E-state index contributed by atoms with van der Waals surface area (Å²) in [5.74, 6) is -0.920. The third-order valence-electron chi connectivity index (χ3n) is 3.39. The molecule has 1 amide bonds. The molecule has 2 unspecified atom stereocenters. The maximum atomic E-state index is 11.8. The molecule has 0 bridgehead atoms. The molecule has 1 N–H and O–H groups in total. The second kappa shape index (κ2) is 6.23. The molecule has 2 saturated heterocycles. The maximum Gasteiger partial charge on any atom is 0.410 e. The summed E-state index contributed by atoms with van der Waals surface area (Å²) in [4.78, 5) is 24.0. The van der Waals surface area contributed by atoms with E-state index in [2.05, 4.69) is 6.58 Å². The van der Waals surface area contributed by atoms with Crippen LogP contribution in [-0.2, 0) is 19.0 Å². The second-order valence-corrected chi connectivity index (χ2v) is 5.07. The van der Waals surface area contributed by atoms with Gasteiger partial charge in [-0.2, -0.15) is 0 Å². The highest BCUT2D eigenvalue weighted by Crippen LogP contribution is 2.31. The number of amides is 1. The molecule has 2 heterocycles. The van der Waals surface area contributed by atoms with Gasteiger partial charge in [-0.05, 0) is 6.42 Å². The van der Waals surface area contributed by atoms with E-state index in [1.807, 2.05) is 0 Å². The van der Waals surface area contributed by atoms with Gasteiger partial charge in [0.2, 0.25) is 0 Å². The highest BCUT2D eigenvalue weighted by molar-refractivity contribution is 5.68. The molecule has 0 aromatic rings. The van der Waals surface area contributed by atoms with Crippen molar-refractivity contribution < 1.29 is 28.9 Å². The fourth-order valence-electron chi connectivity index (χ4n) is 2.53. The number of nitrogens with zero attached hydrogens (tertiary/aromatic N) is 1. The van der Waals surface area contributed by atoms with Gasteiger partial charge in [0.1, 0.15) is 12.2 Å². The standard InChI is InChI=1S/C13H19NO6/c1-2-5-19-12(17)14-4-3-13(8-14)9-18-7-10(20-13)6-11(15)16/h2,10H,1,3-9H2,(H,15,16). The fourth-order valence-corrected chi connectivity index (χ4v) is 2.53. The van der Waals surface area contributed by atoms with E-state index >= 15 is 0 Å². The zero-order valence-corrected chi connectivity index (χ0v) is 11.2. The lowest BCUT2D eigenvalue weighted by molar-refractivity contribution is -0.196. The fraction of sp³-hybridized carbons (Fsp3) is 0.692. The first-order valence-corrected chi connectivity index (χ1v) is 6.55. The molecule has 0 aromatic heterocycles. The molecule has 2 atom stereocenters. The summed E-state index contributed by atoms with van der Waals surface area (Å²) in [6.45, 7) is 5.17. The van der Waals surface area contributed by atoms with Crippen molar-refractivity contribution in [3.05, 3.63) is 12.7 Å². The van der Waals surface area contributed by atoms with Crippen molar-refractivity contribution in [1.82, 2.24) is 4.90 Å². The molecular weight excluding hydrogens is 266 g/mol. The molecular formula is C13H19NO6. The summed E-state index contributed by atoms with van der Waals surface area (Å²) in [5, 5.41) is 8.80. The first-order valence-electron chi connectivity index (χ1n) is 6.55. The molecule has 2 rings (SSSR count). The normalized spacial score (nSPS) is 29.4. The van der Waals surface area contributed by atoms with Crippen molar-refractivity contribution in [1.29, 1.82) is 0 Å². The average Bonchev–Trinajstić information content (AvgIpc) is 2.79. The molecule has 2 aliphatic rings. The maximum absolute atomic E-state index is 11.8. The van der Waals surface area contributed by atoms with Crippen LogP contribution >= 0.6 is 0 Å². The minimum atomic E-state index is -0.920. The van der Waals surface area contributed by atoms with Crippen molar-refractivity contribution >= 4 is 12.1 Å². The number of ether oxygens (including phenoxy) is 3. The number of carboxylic acid groups (broad SMARTS) is 1. The van der Waals surface area contributed by atoms with Crippen LogP contribution in [0.25, 0.3) is 0 Å². The van der Waals surface area contributed by atoms with Gasteiger partial charge in [0.15, 0.2) is 0 Å². The molecule has 2 fully saturated rings. The monoisotopic (exact) mass is 285 g/mol. The molecule has 7 nitrogen and oxygen atoms in total. The van der Waals surface area contributed by atoms with Crippen LogP contribution in [0.4, 0.5) is 4.79 Å². The van der Waals surface area contributed by atoms with Gasteiger partial charge >= 0.3 is 12.1 Å². The summed E-state index contributed by atoms with van der Waals surface area (Å²) in [6.07, 6.45) is 1.15. The second-order valence-electron chi connectivity index (χ2n) is 5.07. The molecule has 0 aliphatic carbocycles. The van der Waals surface area contributed by atoms with E-state index in [-0.39, 0.29) is 19.6 Å². The summed E-state index contributed by atoms with van der Waals surface area (Å²) >= 11 is 0. The number of hydrogen-bond donors (Lipinski definition) is 1. The molecule has 112 valence electrons. The first kappa shape index (κ1) is 14.8. The van der Waals surface area contributed by atoms with E-state index in [0.29, 0.717) is 26.1 Å². The van der Waals surface area contributed by atoms with Crippen LogP contribution in [0.1, 0.15) is 12.8 Å². The quantitative estimate of drug-likeness (QED) is 0.763. The van der Waals surface area contributed by atoms with Crippen molar-refractivity contribution in [3.8, 4) is 0 Å². The summed E-state index contributed by atoms with van der Waals surface area (Å²) < 4.78 is 16.3. The molecule has 0 aromatic carbocycles. The lowest BCUT2D eigenvalue weighted by Crippen LogP contribution is -2.50. The zero-order valence-electron chi connectivity index (χ0n) is 11.2. The number of carbonyl (C=O) groups is 2. The van der Waals surface area contributed by atoms with Crippen LogP contribution < -0.4 is 0 Å². The Morgan fingerprint density at radius 2 is 2.35 bits per heavy atom. The molecule has 20 heavy (non-hydrogen) atoms. The zero-order chi connectivity index (χ0) is 14.6. The van der Waals surface area contributed by atoms with E-state index in [4.69, 9.17) is 19.3 Å². The minimum absolute atomic E-state index is 0.0946.